The van der Waals surface area contributed by atoms with Gasteiger partial charge in [-0.15, -0.1) is 0 Å². The molecule has 0 aliphatic carbocycles. The maximum atomic E-state index is 13.7. The van der Waals surface area contributed by atoms with Crippen LogP contribution in [-0.4, -0.2) is 17.8 Å². The van der Waals surface area contributed by atoms with Crippen LogP contribution in [0.15, 0.2) is 42.5 Å². The van der Waals surface area contributed by atoms with Crippen LogP contribution in [0.25, 0.3) is 0 Å². The minimum Gasteiger partial charge on any atom is -0.486 e. The number of fused-ring (bicyclic) bond motifs is 1. The predicted molar refractivity (Wildman–Crippen MR) is 67.7 cm³/mol. The van der Waals surface area contributed by atoms with Gasteiger partial charge in [0.15, 0.2) is 17.6 Å². The zero-order chi connectivity index (χ0) is 14.1. The molecule has 0 spiro atoms. The van der Waals surface area contributed by atoms with E-state index in [0.717, 1.165) is 12.1 Å². The summed E-state index contributed by atoms with van der Waals surface area (Å²) in [6.45, 7) is 0.0198. The van der Waals surface area contributed by atoms with E-state index >= 15 is 0 Å². The topological polar surface area (TPSA) is 38.7 Å². The minimum absolute atomic E-state index is 0.0198. The van der Waals surface area contributed by atoms with Crippen molar-refractivity contribution in [2.75, 3.05) is 6.61 Å². The van der Waals surface area contributed by atoms with Crippen LogP contribution >= 0.6 is 0 Å². The third-order valence-electron chi connectivity index (χ3n) is 3.18. The van der Waals surface area contributed by atoms with Gasteiger partial charge in [0, 0.05) is 0 Å². The zero-order valence-corrected chi connectivity index (χ0v) is 10.4. The van der Waals surface area contributed by atoms with Crippen molar-refractivity contribution < 1.29 is 23.4 Å². The molecule has 3 rings (SSSR count). The largest absolute Gasteiger partial charge is 0.486 e. The zero-order valence-electron chi connectivity index (χ0n) is 10.4. The quantitative estimate of drug-likeness (QED) is 0.918. The molecule has 0 fully saturated rings. The van der Waals surface area contributed by atoms with Gasteiger partial charge in [-0.3, -0.25) is 0 Å². The summed E-state index contributed by atoms with van der Waals surface area (Å²) in [5, 5.41) is 10.1. The van der Waals surface area contributed by atoms with Crippen molar-refractivity contribution in [2.45, 2.75) is 12.2 Å². The lowest BCUT2D eigenvalue weighted by atomic mass is 10.0. The Morgan fingerprint density at radius 1 is 1.00 bits per heavy atom. The number of benzene rings is 2. The number of ether oxygens (including phenoxy) is 2. The molecule has 0 amide bonds. The van der Waals surface area contributed by atoms with Gasteiger partial charge in [-0.2, -0.15) is 0 Å². The first-order valence-electron chi connectivity index (χ1n) is 6.17. The molecule has 0 bridgehead atoms. The molecular formula is C15H12F2O3. The van der Waals surface area contributed by atoms with E-state index in [4.69, 9.17) is 9.47 Å². The molecule has 0 radical (unpaired) electrons. The fourth-order valence-corrected chi connectivity index (χ4v) is 2.17. The molecule has 1 heterocycles. The molecule has 1 N–H and O–H groups in total. The van der Waals surface area contributed by atoms with E-state index in [0.29, 0.717) is 11.5 Å². The lowest BCUT2D eigenvalue weighted by molar-refractivity contribution is -0.0144. The summed E-state index contributed by atoms with van der Waals surface area (Å²) in [5.74, 6) is -0.621. The SMILES string of the molecule is OC(c1c(F)cccc1F)C1COc2ccccc2O1. The Morgan fingerprint density at radius 3 is 2.35 bits per heavy atom. The van der Waals surface area contributed by atoms with Crippen molar-refractivity contribution in [1.29, 1.82) is 0 Å². The second kappa shape index (κ2) is 5.09. The Labute approximate surface area is 114 Å². The molecule has 0 aromatic heterocycles. The maximum Gasteiger partial charge on any atom is 0.163 e. The van der Waals surface area contributed by atoms with E-state index < -0.39 is 29.4 Å². The van der Waals surface area contributed by atoms with Crippen molar-refractivity contribution in [3.8, 4) is 11.5 Å². The van der Waals surface area contributed by atoms with Crippen molar-refractivity contribution >= 4 is 0 Å². The van der Waals surface area contributed by atoms with Crippen molar-refractivity contribution in [3.63, 3.8) is 0 Å². The van der Waals surface area contributed by atoms with Crippen LogP contribution in [0.3, 0.4) is 0 Å². The van der Waals surface area contributed by atoms with Crippen LogP contribution in [0.2, 0.25) is 0 Å². The Morgan fingerprint density at radius 2 is 1.65 bits per heavy atom. The van der Waals surface area contributed by atoms with Crippen LogP contribution in [0.1, 0.15) is 11.7 Å². The van der Waals surface area contributed by atoms with Gasteiger partial charge in [0.05, 0.1) is 5.56 Å². The van der Waals surface area contributed by atoms with Gasteiger partial charge in [0.2, 0.25) is 0 Å². The highest BCUT2D eigenvalue weighted by Crippen LogP contribution is 2.35. The number of hydrogen-bond acceptors (Lipinski definition) is 3. The summed E-state index contributed by atoms with van der Waals surface area (Å²) in [4.78, 5) is 0. The number of aliphatic hydroxyl groups excluding tert-OH is 1. The lowest BCUT2D eigenvalue weighted by Gasteiger charge is -2.30. The van der Waals surface area contributed by atoms with Crippen LogP contribution < -0.4 is 9.47 Å². The minimum atomic E-state index is -1.44. The Hall–Kier alpha value is -2.14. The second-order valence-electron chi connectivity index (χ2n) is 4.49. The number of aliphatic hydroxyl groups is 1. The fourth-order valence-electron chi connectivity index (χ4n) is 2.17. The molecule has 5 heteroatoms. The van der Waals surface area contributed by atoms with Crippen LogP contribution in [0, 0.1) is 11.6 Å². The summed E-state index contributed by atoms with van der Waals surface area (Å²) >= 11 is 0. The van der Waals surface area contributed by atoms with E-state index in [1.54, 1.807) is 24.3 Å². The van der Waals surface area contributed by atoms with E-state index in [2.05, 4.69) is 0 Å². The van der Waals surface area contributed by atoms with Crippen LogP contribution in [0.4, 0.5) is 8.78 Å². The molecule has 2 aromatic carbocycles. The second-order valence-corrected chi connectivity index (χ2v) is 4.49. The monoisotopic (exact) mass is 278 g/mol. The maximum absolute atomic E-state index is 13.7. The lowest BCUT2D eigenvalue weighted by Crippen LogP contribution is -2.35. The molecule has 0 saturated heterocycles. The third kappa shape index (κ3) is 2.20. The molecule has 2 atom stereocenters. The predicted octanol–water partition coefficient (Wildman–Crippen LogP) is 2.84. The normalized spacial score (nSPS) is 18.6. The molecule has 0 saturated carbocycles. The van der Waals surface area contributed by atoms with Gasteiger partial charge in [0.1, 0.15) is 24.3 Å². The number of para-hydroxylation sites is 2. The summed E-state index contributed by atoms with van der Waals surface area (Å²) in [5.41, 5.74) is -0.402. The molecule has 1 aliphatic rings. The van der Waals surface area contributed by atoms with Gasteiger partial charge in [0.25, 0.3) is 0 Å². The molecule has 3 nitrogen and oxygen atoms in total. The van der Waals surface area contributed by atoms with Gasteiger partial charge in [-0.1, -0.05) is 18.2 Å². The van der Waals surface area contributed by atoms with Crippen LogP contribution in [0.5, 0.6) is 11.5 Å². The van der Waals surface area contributed by atoms with Crippen LogP contribution in [-0.2, 0) is 0 Å². The molecule has 2 unspecified atom stereocenters. The van der Waals surface area contributed by atoms with Gasteiger partial charge in [-0.25, -0.2) is 8.78 Å². The Balaban J connectivity index is 1.88. The average Bonchev–Trinajstić information content (AvgIpc) is 2.46. The van der Waals surface area contributed by atoms with Crippen molar-refractivity contribution in [1.82, 2.24) is 0 Å². The van der Waals surface area contributed by atoms with E-state index in [1.165, 1.54) is 6.07 Å². The van der Waals surface area contributed by atoms with E-state index in [-0.39, 0.29) is 6.61 Å². The summed E-state index contributed by atoms with van der Waals surface area (Å²) in [6, 6.07) is 10.4. The third-order valence-corrected chi connectivity index (χ3v) is 3.18. The number of hydrogen-bond donors (Lipinski definition) is 1. The van der Waals surface area contributed by atoms with E-state index in [9.17, 15) is 13.9 Å². The highest BCUT2D eigenvalue weighted by molar-refractivity contribution is 5.41. The fraction of sp³-hybridized carbons (Fsp3) is 0.200. The molecule has 20 heavy (non-hydrogen) atoms. The first-order valence-corrected chi connectivity index (χ1v) is 6.17. The van der Waals surface area contributed by atoms with Gasteiger partial charge in [-0.05, 0) is 24.3 Å². The van der Waals surface area contributed by atoms with Crippen molar-refractivity contribution in [3.05, 3.63) is 59.7 Å². The molecule has 104 valence electrons. The van der Waals surface area contributed by atoms with Gasteiger partial charge < -0.3 is 14.6 Å². The molecular weight excluding hydrogens is 266 g/mol. The Bertz CT molecular complexity index is 610. The smallest absolute Gasteiger partial charge is 0.163 e. The summed E-state index contributed by atoms with van der Waals surface area (Å²) in [6.07, 6.45) is -2.30. The van der Waals surface area contributed by atoms with E-state index in [1.807, 2.05) is 0 Å². The Kier molecular flexibility index (Phi) is 3.28. The number of halogens is 2. The molecule has 1 aliphatic heterocycles. The average molecular weight is 278 g/mol. The first-order chi connectivity index (χ1) is 9.66. The van der Waals surface area contributed by atoms with Crippen molar-refractivity contribution in [2.24, 2.45) is 0 Å². The highest BCUT2D eigenvalue weighted by atomic mass is 19.1. The van der Waals surface area contributed by atoms with Gasteiger partial charge >= 0.3 is 0 Å². The highest BCUT2D eigenvalue weighted by Gasteiger charge is 2.32. The summed E-state index contributed by atoms with van der Waals surface area (Å²) in [7, 11) is 0. The summed E-state index contributed by atoms with van der Waals surface area (Å²) < 4.78 is 38.3. The number of rotatable bonds is 2. The molecule has 2 aromatic rings. The first kappa shape index (κ1) is 12.9. The standard InChI is InChI=1S/C15H12F2O3/c16-9-4-3-5-10(17)14(9)15(18)13-8-19-11-6-1-2-7-12(11)20-13/h1-7,13,15,18H,8H2.